The van der Waals surface area contributed by atoms with Crippen molar-refractivity contribution in [1.29, 1.82) is 0 Å². The molecule has 1 aliphatic heterocycles. The van der Waals surface area contributed by atoms with Crippen molar-refractivity contribution < 1.29 is 9.26 Å². The summed E-state index contributed by atoms with van der Waals surface area (Å²) in [5, 5.41) is 8.98. The first-order chi connectivity index (χ1) is 7.93. The Balaban J connectivity index is 1.82. The molecule has 1 aliphatic rings. The van der Waals surface area contributed by atoms with Crippen LogP contribution in [0, 0.1) is 0 Å². The topological polar surface area (TPSA) is 73.1 Å². The van der Waals surface area contributed by atoms with Crippen LogP contribution >= 0.6 is 11.3 Å². The van der Waals surface area contributed by atoms with Gasteiger partial charge in [0.05, 0.1) is 12.1 Å². The van der Waals surface area contributed by atoms with Crippen LogP contribution in [0.15, 0.2) is 15.4 Å². The summed E-state index contributed by atoms with van der Waals surface area (Å²) in [5.41, 5.74) is 2.48. The first kappa shape index (κ1) is 9.88. The SMILES string of the molecule is c1nc(-c2noc(C3CNCCO3)n2)cs1. The van der Waals surface area contributed by atoms with Crippen molar-refractivity contribution in [3.8, 4) is 11.5 Å². The van der Waals surface area contributed by atoms with Gasteiger partial charge in [0, 0.05) is 18.5 Å². The molecular formula is C9H10N4O2S. The maximum atomic E-state index is 5.52. The highest BCUT2D eigenvalue weighted by molar-refractivity contribution is 7.07. The van der Waals surface area contributed by atoms with E-state index in [0.29, 0.717) is 24.9 Å². The summed E-state index contributed by atoms with van der Waals surface area (Å²) >= 11 is 1.50. The van der Waals surface area contributed by atoms with Gasteiger partial charge in [0.15, 0.2) is 0 Å². The Morgan fingerprint density at radius 1 is 1.50 bits per heavy atom. The van der Waals surface area contributed by atoms with Crippen molar-refractivity contribution in [2.45, 2.75) is 6.10 Å². The van der Waals surface area contributed by atoms with Gasteiger partial charge < -0.3 is 14.6 Å². The zero-order valence-corrected chi connectivity index (χ0v) is 9.24. The fourth-order valence-corrected chi connectivity index (χ4v) is 2.05. The number of ether oxygens (including phenoxy) is 1. The summed E-state index contributed by atoms with van der Waals surface area (Å²) in [4.78, 5) is 8.40. The monoisotopic (exact) mass is 238 g/mol. The van der Waals surface area contributed by atoms with Gasteiger partial charge >= 0.3 is 0 Å². The fraction of sp³-hybridized carbons (Fsp3) is 0.444. The molecule has 0 aliphatic carbocycles. The average molecular weight is 238 g/mol. The first-order valence-electron chi connectivity index (χ1n) is 4.98. The number of aromatic nitrogens is 3. The number of nitrogens with one attached hydrogen (secondary N) is 1. The van der Waals surface area contributed by atoms with E-state index in [1.54, 1.807) is 5.51 Å². The van der Waals surface area contributed by atoms with Crippen LogP contribution in [0.3, 0.4) is 0 Å². The normalized spacial score (nSPS) is 21.1. The highest BCUT2D eigenvalue weighted by Gasteiger charge is 2.22. The van der Waals surface area contributed by atoms with Gasteiger partial charge in [-0.2, -0.15) is 4.98 Å². The summed E-state index contributed by atoms with van der Waals surface area (Å²) in [6.07, 6.45) is -0.145. The molecule has 16 heavy (non-hydrogen) atoms. The molecule has 0 amide bonds. The molecule has 1 unspecified atom stereocenters. The predicted molar refractivity (Wildman–Crippen MR) is 57.0 cm³/mol. The maximum Gasteiger partial charge on any atom is 0.257 e. The standard InChI is InChI=1S/C9H10N4O2S/c1-2-14-7(3-10-1)9-12-8(13-15-9)6-4-16-5-11-6/h4-5,7,10H,1-3H2. The molecule has 0 spiro atoms. The predicted octanol–water partition coefficient (Wildman–Crippen LogP) is 0.854. The van der Waals surface area contributed by atoms with Gasteiger partial charge in [-0.15, -0.1) is 11.3 Å². The number of thiazole rings is 1. The minimum absolute atomic E-state index is 0.145. The van der Waals surface area contributed by atoms with Gasteiger partial charge in [0.1, 0.15) is 11.8 Å². The van der Waals surface area contributed by atoms with E-state index in [2.05, 4.69) is 20.4 Å². The van der Waals surface area contributed by atoms with E-state index < -0.39 is 0 Å². The maximum absolute atomic E-state index is 5.52. The quantitative estimate of drug-likeness (QED) is 0.836. The molecular weight excluding hydrogens is 228 g/mol. The molecule has 2 aromatic heterocycles. The van der Waals surface area contributed by atoms with E-state index in [9.17, 15) is 0 Å². The number of rotatable bonds is 2. The van der Waals surface area contributed by atoms with Crippen molar-refractivity contribution in [3.63, 3.8) is 0 Å². The van der Waals surface area contributed by atoms with Crippen LogP contribution in [0.2, 0.25) is 0 Å². The number of hydrogen-bond donors (Lipinski definition) is 1. The largest absolute Gasteiger partial charge is 0.366 e. The second kappa shape index (κ2) is 4.28. The average Bonchev–Trinajstić information content (AvgIpc) is 3.01. The Morgan fingerprint density at radius 2 is 2.50 bits per heavy atom. The molecule has 7 heteroatoms. The van der Waals surface area contributed by atoms with E-state index in [4.69, 9.17) is 9.26 Å². The molecule has 1 atom stereocenters. The van der Waals surface area contributed by atoms with Gasteiger partial charge in [0.25, 0.3) is 5.89 Å². The van der Waals surface area contributed by atoms with Crippen molar-refractivity contribution in [1.82, 2.24) is 20.4 Å². The number of nitrogens with zero attached hydrogens (tertiary/aromatic N) is 3. The van der Waals surface area contributed by atoms with Crippen molar-refractivity contribution in [2.75, 3.05) is 19.7 Å². The third-order valence-electron chi connectivity index (χ3n) is 2.31. The molecule has 1 N–H and O–H groups in total. The second-order valence-corrected chi connectivity index (χ2v) is 4.11. The molecule has 1 saturated heterocycles. The third-order valence-corrected chi connectivity index (χ3v) is 2.89. The minimum atomic E-state index is -0.145. The van der Waals surface area contributed by atoms with E-state index >= 15 is 0 Å². The molecule has 6 nitrogen and oxygen atoms in total. The van der Waals surface area contributed by atoms with Crippen LogP contribution in [0.1, 0.15) is 12.0 Å². The lowest BCUT2D eigenvalue weighted by atomic mass is 10.3. The summed E-state index contributed by atoms with van der Waals surface area (Å²) in [6.45, 7) is 2.24. The molecule has 0 aromatic carbocycles. The molecule has 1 fully saturated rings. The Morgan fingerprint density at radius 3 is 3.25 bits per heavy atom. The minimum Gasteiger partial charge on any atom is -0.366 e. The van der Waals surface area contributed by atoms with Gasteiger partial charge in [-0.05, 0) is 0 Å². The molecule has 2 aromatic rings. The lowest BCUT2D eigenvalue weighted by molar-refractivity contribution is 0.00755. The van der Waals surface area contributed by atoms with E-state index in [1.165, 1.54) is 11.3 Å². The molecule has 3 heterocycles. The smallest absolute Gasteiger partial charge is 0.257 e. The van der Waals surface area contributed by atoms with Crippen molar-refractivity contribution in [3.05, 3.63) is 16.8 Å². The molecule has 3 rings (SSSR count). The summed E-state index contributed by atoms with van der Waals surface area (Å²) < 4.78 is 10.7. The summed E-state index contributed by atoms with van der Waals surface area (Å²) in [5.74, 6) is 1.03. The van der Waals surface area contributed by atoms with E-state index in [1.807, 2.05) is 5.38 Å². The lowest BCUT2D eigenvalue weighted by Gasteiger charge is -2.19. The lowest BCUT2D eigenvalue weighted by Crippen LogP contribution is -2.33. The Bertz CT molecular complexity index is 450. The zero-order chi connectivity index (χ0) is 10.8. The van der Waals surface area contributed by atoms with Crippen molar-refractivity contribution >= 4 is 11.3 Å². The van der Waals surface area contributed by atoms with Crippen LogP contribution < -0.4 is 5.32 Å². The Labute approximate surface area is 95.7 Å². The van der Waals surface area contributed by atoms with E-state index in [-0.39, 0.29) is 6.10 Å². The zero-order valence-electron chi connectivity index (χ0n) is 8.42. The molecule has 0 bridgehead atoms. The fourth-order valence-electron chi connectivity index (χ4n) is 1.52. The molecule has 84 valence electrons. The van der Waals surface area contributed by atoms with Gasteiger partial charge in [-0.25, -0.2) is 4.98 Å². The number of hydrogen-bond acceptors (Lipinski definition) is 7. The van der Waals surface area contributed by atoms with Crippen molar-refractivity contribution in [2.24, 2.45) is 0 Å². The third kappa shape index (κ3) is 1.84. The van der Waals surface area contributed by atoms with Gasteiger partial charge in [-0.1, -0.05) is 5.16 Å². The van der Waals surface area contributed by atoms with Gasteiger partial charge in [-0.3, -0.25) is 0 Å². The number of morpholine rings is 1. The van der Waals surface area contributed by atoms with E-state index in [0.717, 1.165) is 12.2 Å². The molecule has 0 radical (unpaired) electrons. The summed E-state index contributed by atoms with van der Waals surface area (Å²) in [6, 6.07) is 0. The highest BCUT2D eigenvalue weighted by Crippen LogP contribution is 2.21. The van der Waals surface area contributed by atoms with Crippen LogP contribution in [0.5, 0.6) is 0 Å². The Kier molecular flexibility index (Phi) is 2.65. The first-order valence-corrected chi connectivity index (χ1v) is 5.92. The molecule has 0 saturated carbocycles. The highest BCUT2D eigenvalue weighted by atomic mass is 32.1. The van der Waals surface area contributed by atoms with Crippen LogP contribution in [-0.4, -0.2) is 34.8 Å². The van der Waals surface area contributed by atoms with Crippen LogP contribution in [0.25, 0.3) is 11.5 Å². The van der Waals surface area contributed by atoms with Gasteiger partial charge in [0.2, 0.25) is 5.82 Å². The van der Waals surface area contributed by atoms with Crippen LogP contribution in [0.4, 0.5) is 0 Å². The second-order valence-electron chi connectivity index (χ2n) is 3.39. The Hall–Kier alpha value is -1.31. The van der Waals surface area contributed by atoms with Crippen LogP contribution in [-0.2, 0) is 4.74 Å². The summed E-state index contributed by atoms with van der Waals surface area (Å²) in [7, 11) is 0.